The van der Waals surface area contributed by atoms with Gasteiger partial charge in [0.15, 0.2) is 0 Å². The lowest BCUT2D eigenvalue weighted by molar-refractivity contribution is -0.148. The number of carbonyl (C=O) groups excluding carboxylic acids is 1. The van der Waals surface area contributed by atoms with E-state index >= 15 is 0 Å². The van der Waals surface area contributed by atoms with Crippen LogP contribution in [0.3, 0.4) is 0 Å². The normalized spacial score (nSPS) is 19.4. The van der Waals surface area contributed by atoms with Gasteiger partial charge in [-0.05, 0) is 12.5 Å². The van der Waals surface area contributed by atoms with Crippen molar-refractivity contribution in [2.75, 3.05) is 6.61 Å². The number of esters is 1. The number of azide groups is 1. The highest BCUT2D eigenvalue weighted by atomic mass is 19.2. The molecule has 3 atom stereocenters. The van der Waals surface area contributed by atoms with Crippen molar-refractivity contribution in [3.05, 3.63) is 61.8 Å². The molecule has 0 spiro atoms. The number of carbonyl (C=O) groups is 1. The van der Waals surface area contributed by atoms with Gasteiger partial charge in [-0.25, -0.2) is 18.0 Å². The molecule has 0 N–H and O–H groups in total. The van der Waals surface area contributed by atoms with Crippen molar-refractivity contribution in [2.45, 2.75) is 38.7 Å². The van der Waals surface area contributed by atoms with E-state index in [1.807, 2.05) is 0 Å². The van der Waals surface area contributed by atoms with E-state index in [1.54, 1.807) is 0 Å². The van der Waals surface area contributed by atoms with E-state index < -0.39 is 70.8 Å². The molecule has 0 saturated carbocycles. The molecule has 2 aromatic rings. The number of rotatable bonds is 7. The van der Waals surface area contributed by atoms with Gasteiger partial charge in [0.2, 0.25) is 40.7 Å². The van der Waals surface area contributed by atoms with Crippen LogP contribution in [0.15, 0.2) is 16.3 Å². The maximum Gasteiger partial charge on any atom is 0.353 e. The van der Waals surface area contributed by atoms with Crippen LogP contribution in [0.4, 0.5) is 22.0 Å². The fourth-order valence-corrected chi connectivity index (χ4v) is 3.05. The van der Waals surface area contributed by atoms with Crippen molar-refractivity contribution in [1.82, 2.24) is 9.55 Å². The van der Waals surface area contributed by atoms with Crippen LogP contribution in [0.5, 0.6) is 11.6 Å². The predicted molar refractivity (Wildman–Crippen MR) is 98.7 cm³/mol. The lowest BCUT2D eigenvalue weighted by atomic mass is 10.2. The van der Waals surface area contributed by atoms with Crippen molar-refractivity contribution >= 4 is 5.97 Å². The van der Waals surface area contributed by atoms with Crippen molar-refractivity contribution in [2.24, 2.45) is 5.28 Å². The van der Waals surface area contributed by atoms with Crippen molar-refractivity contribution < 1.29 is 45.8 Å². The van der Waals surface area contributed by atoms with Crippen LogP contribution in [-0.2, 0) is 19.1 Å². The van der Waals surface area contributed by atoms with Crippen LogP contribution in [0.2, 0.25) is 0 Å². The average Bonchev–Trinajstić information content (AvgIpc) is 3.21. The predicted octanol–water partition coefficient (Wildman–Crippen LogP) is 3.50. The van der Waals surface area contributed by atoms with E-state index in [1.165, 1.54) is 6.92 Å². The highest BCUT2D eigenvalue weighted by molar-refractivity contribution is 5.65. The Balaban J connectivity index is 1.90. The molecule has 0 aliphatic carbocycles. The SMILES string of the molecule is CC(=O)OC[C@H]1O[C@@H](n2cc(C)c(Oc3c(F)c(F)c(F)c(F)c3F)nc2=O)C[C@@H]1ON=[N+]=[N-]. The van der Waals surface area contributed by atoms with Crippen molar-refractivity contribution in [3.63, 3.8) is 0 Å². The first-order valence-corrected chi connectivity index (χ1v) is 9.33. The van der Waals surface area contributed by atoms with Gasteiger partial charge in [-0.2, -0.15) is 13.8 Å². The average molecular weight is 491 g/mol. The lowest BCUT2D eigenvalue weighted by Gasteiger charge is -2.17. The molecule has 0 unspecified atom stereocenters. The zero-order valence-electron chi connectivity index (χ0n) is 17.3. The van der Waals surface area contributed by atoms with E-state index in [-0.39, 0.29) is 18.6 Å². The third kappa shape index (κ3) is 4.87. The third-order valence-electron chi connectivity index (χ3n) is 4.62. The summed E-state index contributed by atoms with van der Waals surface area (Å²) in [6.07, 6.45) is -1.89. The molecule has 2 heterocycles. The topological polar surface area (TPSA) is 138 Å². The molecule has 3 rings (SSSR count). The third-order valence-corrected chi connectivity index (χ3v) is 4.62. The number of hydrogen-bond acceptors (Lipinski definition) is 8. The lowest BCUT2D eigenvalue weighted by Crippen LogP contribution is -2.29. The number of halogens is 5. The second-order valence-corrected chi connectivity index (χ2v) is 6.90. The fraction of sp³-hybridized carbons (Fsp3) is 0.389. The second kappa shape index (κ2) is 9.93. The summed E-state index contributed by atoms with van der Waals surface area (Å²) < 4.78 is 84.0. The van der Waals surface area contributed by atoms with Crippen molar-refractivity contribution in [3.8, 4) is 11.6 Å². The Morgan fingerprint density at radius 2 is 1.85 bits per heavy atom. The van der Waals surface area contributed by atoms with Crippen LogP contribution < -0.4 is 10.4 Å². The number of nitrogens with zero attached hydrogens (tertiary/aromatic N) is 5. The molecular formula is C18H14F5N5O6. The molecule has 0 bridgehead atoms. The quantitative estimate of drug-likeness (QED) is 0.0845. The standard InChI is InChI=1S/C18H14F5N5O6/c1-6-4-28(10-3-8(34-27-26-24)9(32-10)5-31-7(2)29)18(30)25-17(6)33-16-14(22)12(20)11(19)13(21)15(16)23/h4,8-10H,3,5H2,1-2H3/t8-,9+,10+/m0/s1. The highest BCUT2D eigenvalue weighted by Gasteiger charge is 2.39. The molecular weight excluding hydrogens is 477 g/mol. The summed E-state index contributed by atoms with van der Waals surface area (Å²) >= 11 is 0. The molecule has 1 aliphatic rings. The maximum absolute atomic E-state index is 13.9. The molecule has 1 fully saturated rings. The monoisotopic (exact) mass is 491 g/mol. The number of ether oxygens (including phenoxy) is 3. The number of benzene rings is 1. The van der Waals surface area contributed by atoms with Crippen LogP contribution in [0.1, 0.15) is 25.1 Å². The molecule has 182 valence electrons. The summed E-state index contributed by atoms with van der Waals surface area (Å²) in [5, 5.41) is 2.98. The second-order valence-electron chi connectivity index (χ2n) is 6.90. The minimum absolute atomic E-state index is 0.0388. The first-order chi connectivity index (χ1) is 16.0. The smallest absolute Gasteiger partial charge is 0.353 e. The summed E-state index contributed by atoms with van der Waals surface area (Å²) in [6, 6.07) is 0. The number of aryl methyl sites for hydroxylation is 1. The molecule has 16 heteroatoms. The van der Waals surface area contributed by atoms with Gasteiger partial charge in [0.05, 0.1) is 0 Å². The first-order valence-electron chi connectivity index (χ1n) is 9.33. The van der Waals surface area contributed by atoms with Crippen LogP contribution in [-0.4, -0.2) is 34.3 Å². The Labute approximate surface area is 186 Å². The van der Waals surface area contributed by atoms with Gasteiger partial charge in [-0.3, -0.25) is 9.36 Å². The van der Waals surface area contributed by atoms with Crippen LogP contribution >= 0.6 is 0 Å². The Kier molecular flexibility index (Phi) is 7.22. The Hall–Kier alpha value is -3.91. The molecule has 0 amide bonds. The van der Waals surface area contributed by atoms with Gasteiger partial charge in [0.1, 0.15) is 30.3 Å². The molecule has 1 saturated heterocycles. The summed E-state index contributed by atoms with van der Waals surface area (Å²) in [6.45, 7) is 2.14. The minimum Gasteiger partial charge on any atom is -0.463 e. The van der Waals surface area contributed by atoms with Gasteiger partial charge in [-0.1, -0.05) is 0 Å². The zero-order chi connectivity index (χ0) is 25.2. The van der Waals surface area contributed by atoms with E-state index in [2.05, 4.69) is 15.2 Å². The Morgan fingerprint density at radius 3 is 2.44 bits per heavy atom. The van der Waals surface area contributed by atoms with Crippen LogP contribution in [0, 0.1) is 36.0 Å². The number of hydrogen-bond donors (Lipinski definition) is 0. The van der Waals surface area contributed by atoms with E-state index in [0.717, 1.165) is 17.7 Å². The van der Waals surface area contributed by atoms with Gasteiger partial charge >= 0.3 is 11.7 Å². The number of aromatic nitrogens is 2. The minimum atomic E-state index is -2.37. The molecule has 1 aliphatic heterocycles. The first kappa shape index (κ1) is 24.7. The molecule has 1 aromatic carbocycles. The molecule has 0 radical (unpaired) electrons. The molecule has 34 heavy (non-hydrogen) atoms. The summed E-state index contributed by atoms with van der Waals surface area (Å²) in [5.74, 6) is -14.3. The Morgan fingerprint density at radius 1 is 1.24 bits per heavy atom. The van der Waals surface area contributed by atoms with E-state index in [9.17, 15) is 31.5 Å². The van der Waals surface area contributed by atoms with E-state index in [0.29, 0.717) is 0 Å². The summed E-state index contributed by atoms with van der Waals surface area (Å²) in [7, 11) is 0. The van der Waals surface area contributed by atoms with Crippen molar-refractivity contribution in [1.29, 1.82) is 0 Å². The maximum atomic E-state index is 13.9. The summed E-state index contributed by atoms with van der Waals surface area (Å²) in [5.41, 5.74) is 7.32. The van der Waals surface area contributed by atoms with Crippen LogP contribution in [0.25, 0.3) is 10.4 Å². The molecule has 11 nitrogen and oxygen atoms in total. The van der Waals surface area contributed by atoms with Gasteiger partial charge in [0, 0.05) is 30.0 Å². The fourth-order valence-electron chi connectivity index (χ4n) is 3.05. The molecule has 1 aromatic heterocycles. The zero-order valence-corrected chi connectivity index (χ0v) is 17.3. The van der Waals surface area contributed by atoms with Gasteiger partial charge in [0.25, 0.3) is 0 Å². The summed E-state index contributed by atoms with van der Waals surface area (Å²) in [4.78, 5) is 34.4. The van der Waals surface area contributed by atoms with Gasteiger partial charge < -0.3 is 19.0 Å². The van der Waals surface area contributed by atoms with E-state index in [4.69, 9.17) is 24.6 Å². The Bertz CT molecular complexity index is 1210. The highest BCUT2D eigenvalue weighted by Crippen LogP contribution is 2.34. The van der Waals surface area contributed by atoms with Gasteiger partial charge in [-0.15, -0.1) is 0 Å². The largest absolute Gasteiger partial charge is 0.463 e.